The van der Waals surface area contributed by atoms with Crippen molar-refractivity contribution in [2.45, 2.75) is 17.7 Å². The molecule has 0 saturated carbocycles. The Labute approximate surface area is 158 Å². The maximum atomic E-state index is 12.6. The molecule has 2 aromatic rings. The number of hydrogen-bond donors (Lipinski definition) is 0. The fraction of sp³-hybridized carbons (Fsp3) is 0.444. The summed E-state index contributed by atoms with van der Waals surface area (Å²) in [6.07, 6.45) is 4.74. The zero-order valence-electron chi connectivity index (χ0n) is 15.0. The van der Waals surface area contributed by atoms with Crippen LogP contribution < -0.4 is 4.90 Å². The maximum absolute atomic E-state index is 12.6. The number of amides is 1. The van der Waals surface area contributed by atoms with Crippen LogP contribution in [0, 0.1) is 0 Å². The summed E-state index contributed by atoms with van der Waals surface area (Å²) in [6, 6.07) is 6.73. The van der Waals surface area contributed by atoms with Gasteiger partial charge in [0, 0.05) is 45.5 Å². The van der Waals surface area contributed by atoms with E-state index in [-0.39, 0.29) is 10.8 Å². The van der Waals surface area contributed by atoms with E-state index >= 15 is 0 Å². The van der Waals surface area contributed by atoms with Crippen LogP contribution in [0.25, 0.3) is 0 Å². The van der Waals surface area contributed by atoms with Crippen molar-refractivity contribution in [3.05, 3.63) is 42.5 Å². The number of anilines is 1. The molecule has 27 heavy (non-hydrogen) atoms. The van der Waals surface area contributed by atoms with Gasteiger partial charge in [0.25, 0.3) is 5.91 Å². The number of nitrogens with zero attached hydrogens (tertiary/aromatic N) is 4. The zero-order chi connectivity index (χ0) is 18.9. The number of rotatable bonds is 4. The minimum atomic E-state index is -3.44. The molecule has 0 N–H and O–H groups in total. The lowest BCUT2D eigenvalue weighted by molar-refractivity contribution is 0.0714. The van der Waals surface area contributed by atoms with Gasteiger partial charge < -0.3 is 14.2 Å². The van der Waals surface area contributed by atoms with E-state index in [1.807, 2.05) is 0 Å². The molecule has 4 rings (SSSR count). The van der Waals surface area contributed by atoms with Crippen LogP contribution in [-0.2, 0) is 10.0 Å². The number of piperazine rings is 1. The third-order valence-corrected chi connectivity index (χ3v) is 6.93. The summed E-state index contributed by atoms with van der Waals surface area (Å²) in [5.74, 6) is 0.957. The van der Waals surface area contributed by atoms with Gasteiger partial charge in [-0.05, 0) is 37.1 Å². The fourth-order valence-corrected chi connectivity index (χ4v) is 4.95. The lowest BCUT2D eigenvalue weighted by Crippen LogP contribution is -2.49. The molecule has 2 saturated heterocycles. The van der Waals surface area contributed by atoms with Crippen molar-refractivity contribution in [3.63, 3.8) is 0 Å². The monoisotopic (exact) mass is 390 g/mol. The van der Waals surface area contributed by atoms with E-state index in [1.54, 1.807) is 29.2 Å². The molecule has 0 radical (unpaired) electrons. The van der Waals surface area contributed by atoms with E-state index in [0.717, 1.165) is 18.7 Å². The van der Waals surface area contributed by atoms with Crippen LogP contribution in [0.1, 0.15) is 23.4 Å². The van der Waals surface area contributed by atoms with Gasteiger partial charge in [-0.3, -0.25) is 4.79 Å². The number of furan rings is 1. The summed E-state index contributed by atoms with van der Waals surface area (Å²) in [6.45, 7) is 3.56. The van der Waals surface area contributed by atoms with Crippen molar-refractivity contribution >= 4 is 21.7 Å². The van der Waals surface area contributed by atoms with Gasteiger partial charge in [-0.25, -0.2) is 13.4 Å². The molecule has 0 bridgehead atoms. The van der Waals surface area contributed by atoms with E-state index in [2.05, 4.69) is 9.88 Å². The number of carbonyl (C=O) groups excluding carboxylic acids is 1. The Kier molecular flexibility index (Phi) is 4.88. The first kappa shape index (κ1) is 18.0. The predicted octanol–water partition coefficient (Wildman–Crippen LogP) is 1.42. The molecule has 4 heterocycles. The first-order chi connectivity index (χ1) is 13.1. The molecule has 144 valence electrons. The lowest BCUT2D eigenvalue weighted by Gasteiger charge is -2.35. The van der Waals surface area contributed by atoms with Crippen LogP contribution in [0.5, 0.6) is 0 Å². The Morgan fingerprint density at radius 3 is 2.33 bits per heavy atom. The van der Waals surface area contributed by atoms with E-state index in [1.165, 1.54) is 16.8 Å². The summed E-state index contributed by atoms with van der Waals surface area (Å²) in [5.41, 5.74) is 0. The van der Waals surface area contributed by atoms with Crippen LogP contribution in [-0.4, -0.2) is 67.8 Å². The van der Waals surface area contributed by atoms with Gasteiger partial charge in [0.15, 0.2) is 5.76 Å². The second-order valence-electron chi connectivity index (χ2n) is 6.72. The van der Waals surface area contributed by atoms with E-state index < -0.39 is 10.0 Å². The summed E-state index contributed by atoms with van der Waals surface area (Å²) in [4.78, 5) is 20.7. The summed E-state index contributed by atoms with van der Waals surface area (Å²) >= 11 is 0. The lowest BCUT2D eigenvalue weighted by atomic mass is 10.2. The van der Waals surface area contributed by atoms with Gasteiger partial charge in [0.1, 0.15) is 10.7 Å². The number of sulfonamides is 1. The predicted molar refractivity (Wildman–Crippen MR) is 99.1 cm³/mol. The molecule has 0 atom stereocenters. The van der Waals surface area contributed by atoms with Gasteiger partial charge in [-0.15, -0.1) is 0 Å². The third-order valence-electron chi connectivity index (χ3n) is 5.05. The molecule has 0 spiro atoms. The molecule has 2 aromatic heterocycles. The number of pyridine rings is 1. The fourth-order valence-electron chi connectivity index (χ4n) is 3.48. The van der Waals surface area contributed by atoms with E-state index in [9.17, 15) is 13.2 Å². The number of carbonyl (C=O) groups is 1. The second kappa shape index (κ2) is 7.32. The highest BCUT2D eigenvalue weighted by atomic mass is 32.2. The average Bonchev–Trinajstić information content (AvgIpc) is 3.42. The Hall–Kier alpha value is -2.39. The van der Waals surface area contributed by atoms with Gasteiger partial charge in [0.2, 0.25) is 10.0 Å². The van der Waals surface area contributed by atoms with Crippen molar-refractivity contribution in [1.82, 2.24) is 14.2 Å². The molecule has 2 aliphatic heterocycles. The van der Waals surface area contributed by atoms with E-state index in [0.29, 0.717) is 45.0 Å². The first-order valence-electron chi connectivity index (χ1n) is 9.10. The zero-order valence-corrected chi connectivity index (χ0v) is 15.8. The standard InChI is InChI=1S/C18H22N4O4S/c23-18(16-4-3-13-26-16)21-11-9-20(10-12-21)17-6-5-15(14-19-17)27(24,25)22-7-1-2-8-22/h3-6,13-14H,1-2,7-12H2. The molecule has 0 aromatic carbocycles. The van der Waals surface area contributed by atoms with Crippen LogP contribution in [0.2, 0.25) is 0 Å². The minimum absolute atomic E-state index is 0.111. The van der Waals surface area contributed by atoms with Crippen LogP contribution in [0.15, 0.2) is 46.0 Å². The molecule has 2 fully saturated rings. The highest BCUT2D eigenvalue weighted by Crippen LogP contribution is 2.22. The third kappa shape index (κ3) is 3.57. The Bertz CT molecular complexity index is 882. The van der Waals surface area contributed by atoms with Crippen molar-refractivity contribution < 1.29 is 17.6 Å². The Balaban J connectivity index is 1.40. The van der Waals surface area contributed by atoms with E-state index in [4.69, 9.17) is 4.42 Å². The minimum Gasteiger partial charge on any atom is -0.459 e. The maximum Gasteiger partial charge on any atom is 0.289 e. The Morgan fingerprint density at radius 2 is 1.74 bits per heavy atom. The van der Waals surface area contributed by atoms with Gasteiger partial charge >= 0.3 is 0 Å². The average molecular weight is 390 g/mol. The van der Waals surface area contributed by atoms with Gasteiger partial charge in [-0.1, -0.05) is 0 Å². The highest BCUT2D eigenvalue weighted by Gasteiger charge is 2.28. The topological polar surface area (TPSA) is 87.0 Å². The Morgan fingerprint density at radius 1 is 1.00 bits per heavy atom. The SMILES string of the molecule is O=C(c1ccco1)N1CCN(c2ccc(S(=O)(=O)N3CCCC3)cn2)CC1. The summed E-state index contributed by atoms with van der Waals surface area (Å²) in [7, 11) is -3.44. The summed E-state index contributed by atoms with van der Waals surface area (Å²) < 4.78 is 31.8. The summed E-state index contributed by atoms with van der Waals surface area (Å²) in [5, 5.41) is 0. The molecular formula is C18H22N4O4S. The number of hydrogen-bond acceptors (Lipinski definition) is 6. The molecule has 0 unspecified atom stereocenters. The molecule has 2 aliphatic rings. The van der Waals surface area contributed by atoms with Crippen LogP contribution >= 0.6 is 0 Å². The normalized spacial score (nSPS) is 18.8. The molecule has 1 amide bonds. The van der Waals surface area contributed by atoms with Crippen LogP contribution in [0.4, 0.5) is 5.82 Å². The first-order valence-corrected chi connectivity index (χ1v) is 10.5. The number of aromatic nitrogens is 1. The quantitative estimate of drug-likeness (QED) is 0.785. The van der Waals surface area contributed by atoms with Crippen molar-refractivity contribution in [2.24, 2.45) is 0 Å². The molecular weight excluding hydrogens is 368 g/mol. The molecule has 0 aliphatic carbocycles. The van der Waals surface area contributed by atoms with Crippen molar-refractivity contribution in [1.29, 1.82) is 0 Å². The molecule has 9 heteroatoms. The largest absolute Gasteiger partial charge is 0.459 e. The van der Waals surface area contributed by atoms with Crippen molar-refractivity contribution in [2.75, 3.05) is 44.2 Å². The van der Waals surface area contributed by atoms with Gasteiger partial charge in [0.05, 0.1) is 6.26 Å². The molecule has 8 nitrogen and oxygen atoms in total. The highest BCUT2D eigenvalue weighted by molar-refractivity contribution is 7.89. The van der Waals surface area contributed by atoms with Crippen LogP contribution in [0.3, 0.4) is 0 Å². The smallest absolute Gasteiger partial charge is 0.289 e. The second-order valence-corrected chi connectivity index (χ2v) is 8.66. The van der Waals surface area contributed by atoms with Gasteiger partial charge in [-0.2, -0.15) is 4.31 Å². The van der Waals surface area contributed by atoms with Crippen molar-refractivity contribution in [3.8, 4) is 0 Å².